The van der Waals surface area contributed by atoms with Crippen molar-refractivity contribution < 1.29 is 14.6 Å². The van der Waals surface area contributed by atoms with E-state index in [0.29, 0.717) is 6.61 Å². The average molecular weight is 404 g/mol. The summed E-state index contributed by atoms with van der Waals surface area (Å²) in [7, 11) is 0. The fourth-order valence-electron chi connectivity index (χ4n) is 3.29. The summed E-state index contributed by atoms with van der Waals surface area (Å²) in [6.07, 6.45) is 2.17. The molecule has 1 heterocycles. The summed E-state index contributed by atoms with van der Waals surface area (Å²) in [5.41, 5.74) is 3.39. The van der Waals surface area contributed by atoms with Crippen LogP contribution in [-0.4, -0.2) is 23.7 Å². The SMILES string of the molecule is Cc1cc(COc2ccc(N3CCC[C@H]3CC(=O)O)cc2)ccc1Br. The Morgan fingerprint density at radius 3 is 2.72 bits per heavy atom. The molecule has 4 nitrogen and oxygen atoms in total. The zero-order chi connectivity index (χ0) is 17.8. The second-order valence-corrected chi connectivity index (χ2v) is 7.31. The maximum Gasteiger partial charge on any atom is 0.305 e. The predicted octanol–water partition coefficient (Wildman–Crippen LogP) is 4.78. The average Bonchev–Trinajstić information content (AvgIpc) is 3.04. The number of nitrogens with zero attached hydrogens (tertiary/aromatic N) is 1. The van der Waals surface area contributed by atoms with Crippen molar-refractivity contribution in [3.63, 3.8) is 0 Å². The van der Waals surface area contributed by atoms with E-state index in [-0.39, 0.29) is 12.5 Å². The molecule has 2 aromatic rings. The molecule has 1 N–H and O–H groups in total. The molecule has 1 aliphatic rings. The van der Waals surface area contributed by atoms with E-state index in [2.05, 4.69) is 33.8 Å². The number of aliphatic carboxylic acids is 1. The first kappa shape index (κ1) is 17.8. The normalized spacial score (nSPS) is 16.9. The topological polar surface area (TPSA) is 49.8 Å². The van der Waals surface area contributed by atoms with Crippen LogP contribution in [-0.2, 0) is 11.4 Å². The molecule has 25 heavy (non-hydrogen) atoms. The Balaban J connectivity index is 1.62. The van der Waals surface area contributed by atoms with Crippen molar-refractivity contribution in [1.82, 2.24) is 0 Å². The summed E-state index contributed by atoms with van der Waals surface area (Å²) in [4.78, 5) is 13.2. The van der Waals surface area contributed by atoms with Gasteiger partial charge in [-0.05, 0) is 61.2 Å². The number of anilines is 1. The van der Waals surface area contributed by atoms with E-state index in [0.717, 1.165) is 40.9 Å². The van der Waals surface area contributed by atoms with Crippen LogP contribution in [0.4, 0.5) is 5.69 Å². The van der Waals surface area contributed by atoms with Gasteiger partial charge in [-0.2, -0.15) is 0 Å². The van der Waals surface area contributed by atoms with Gasteiger partial charge in [0.25, 0.3) is 0 Å². The maximum atomic E-state index is 11.0. The summed E-state index contributed by atoms with van der Waals surface area (Å²) in [5, 5.41) is 9.05. The van der Waals surface area contributed by atoms with Gasteiger partial charge in [0.1, 0.15) is 12.4 Å². The highest BCUT2D eigenvalue weighted by atomic mass is 79.9. The Bertz CT molecular complexity index is 745. The quantitative estimate of drug-likeness (QED) is 0.753. The molecule has 3 rings (SSSR count). The Morgan fingerprint density at radius 2 is 2.04 bits per heavy atom. The van der Waals surface area contributed by atoms with Crippen LogP contribution in [0.25, 0.3) is 0 Å². The summed E-state index contributed by atoms with van der Waals surface area (Å²) >= 11 is 3.50. The highest BCUT2D eigenvalue weighted by Crippen LogP contribution is 2.29. The van der Waals surface area contributed by atoms with Crippen LogP contribution >= 0.6 is 15.9 Å². The lowest BCUT2D eigenvalue weighted by molar-refractivity contribution is -0.137. The van der Waals surface area contributed by atoms with Crippen LogP contribution in [0.2, 0.25) is 0 Å². The summed E-state index contributed by atoms with van der Waals surface area (Å²) in [6, 6.07) is 14.2. The molecule has 132 valence electrons. The van der Waals surface area contributed by atoms with Gasteiger partial charge in [0.2, 0.25) is 0 Å². The Kier molecular flexibility index (Phi) is 5.63. The van der Waals surface area contributed by atoms with Crippen LogP contribution in [0, 0.1) is 6.92 Å². The molecule has 1 aliphatic heterocycles. The fraction of sp³-hybridized carbons (Fsp3) is 0.350. The van der Waals surface area contributed by atoms with Gasteiger partial charge in [-0.1, -0.05) is 28.1 Å². The lowest BCUT2D eigenvalue weighted by Gasteiger charge is -2.25. The van der Waals surface area contributed by atoms with Crippen molar-refractivity contribution in [3.05, 3.63) is 58.1 Å². The van der Waals surface area contributed by atoms with Crippen LogP contribution in [0.5, 0.6) is 5.75 Å². The molecule has 0 unspecified atom stereocenters. The fourth-order valence-corrected chi connectivity index (χ4v) is 3.53. The molecule has 1 fully saturated rings. The minimum Gasteiger partial charge on any atom is -0.489 e. The minimum absolute atomic E-state index is 0.0926. The van der Waals surface area contributed by atoms with Gasteiger partial charge in [0.15, 0.2) is 0 Å². The molecule has 0 radical (unpaired) electrons. The van der Waals surface area contributed by atoms with Crippen molar-refractivity contribution in [2.75, 3.05) is 11.4 Å². The van der Waals surface area contributed by atoms with Crippen LogP contribution < -0.4 is 9.64 Å². The summed E-state index contributed by atoms with van der Waals surface area (Å²) in [6.45, 7) is 3.50. The number of halogens is 1. The number of carbonyl (C=O) groups is 1. The number of carboxylic acid groups (broad SMARTS) is 1. The molecular formula is C20H22BrNO3. The van der Waals surface area contributed by atoms with Gasteiger partial charge in [-0.25, -0.2) is 0 Å². The number of aryl methyl sites for hydroxylation is 1. The van der Waals surface area contributed by atoms with Gasteiger partial charge < -0.3 is 14.7 Å². The first-order valence-corrected chi connectivity index (χ1v) is 9.28. The molecule has 0 aromatic heterocycles. The second kappa shape index (κ2) is 7.91. The zero-order valence-electron chi connectivity index (χ0n) is 14.2. The maximum absolute atomic E-state index is 11.0. The number of benzene rings is 2. The molecule has 0 spiro atoms. The number of rotatable bonds is 6. The third-order valence-electron chi connectivity index (χ3n) is 4.58. The molecule has 2 aromatic carbocycles. The largest absolute Gasteiger partial charge is 0.489 e. The molecular weight excluding hydrogens is 382 g/mol. The van der Waals surface area contributed by atoms with Gasteiger partial charge in [-0.15, -0.1) is 0 Å². The van der Waals surface area contributed by atoms with E-state index in [1.165, 1.54) is 5.56 Å². The highest BCUT2D eigenvalue weighted by Gasteiger charge is 2.26. The number of carboxylic acids is 1. The lowest BCUT2D eigenvalue weighted by atomic mass is 10.1. The van der Waals surface area contributed by atoms with E-state index >= 15 is 0 Å². The van der Waals surface area contributed by atoms with Crippen molar-refractivity contribution in [3.8, 4) is 5.75 Å². The van der Waals surface area contributed by atoms with Crippen LogP contribution in [0.3, 0.4) is 0 Å². The van der Waals surface area contributed by atoms with Crippen molar-refractivity contribution in [2.24, 2.45) is 0 Å². The van der Waals surface area contributed by atoms with Gasteiger partial charge in [0.05, 0.1) is 6.42 Å². The standard InChI is InChI=1S/C20H22BrNO3/c1-14-11-15(4-9-19(14)21)13-25-18-7-5-16(6-8-18)22-10-2-3-17(22)12-20(23)24/h4-9,11,17H,2-3,10,12-13H2,1H3,(H,23,24)/t17-/m0/s1. The first-order valence-electron chi connectivity index (χ1n) is 8.49. The van der Waals surface area contributed by atoms with E-state index in [1.807, 2.05) is 36.4 Å². The molecule has 0 saturated carbocycles. The first-order chi connectivity index (χ1) is 12.0. The molecule has 0 aliphatic carbocycles. The van der Waals surface area contributed by atoms with Gasteiger partial charge >= 0.3 is 5.97 Å². The lowest BCUT2D eigenvalue weighted by Crippen LogP contribution is -2.31. The summed E-state index contributed by atoms with van der Waals surface area (Å²) in [5.74, 6) is 0.0833. The number of hydrogen-bond acceptors (Lipinski definition) is 3. The second-order valence-electron chi connectivity index (χ2n) is 6.45. The van der Waals surface area contributed by atoms with E-state index in [9.17, 15) is 4.79 Å². The summed E-state index contributed by atoms with van der Waals surface area (Å²) < 4.78 is 6.97. The third-order valence-corrected chi connectivity index (χ3v) is 5.47. The number of ether oxygens (including phenoxy) is 1. The number of hydrogen-bond donors (Lipinski definition) is 1. The minimum atomic E-state index is -0.735. The Hall–Kier alpha value is -2.01. The molecule has 1 saturated heterocycles. The molecule has 0 bridgehead atoms. The Morgan fingerprint density at radius 1 is 1.28 bits per heavy atom. The molecule has 1 atom stereocenters. The van der Waals surface area contributed by atoms with E-state index in [1.54, 1.807) is 0 Å². The van der Waals surface area contributed by atoms with Crippen molar-refractivity contribution >= 4 is 27.6 Å². The van der Waals surface area contributed by atoms with Gasteiger partial charge in [-0.3, -0.25) is 4.79 Å². The monoisotopic (exact) mass is 403 g/mol. The van der Waals surface area contributed by atoms with Crippen LogP contribution in [0.1, 0.15) is 30.4 Å². The predicted molar refractivity (Wildman–Crippen MR) is 102 cm³/mol. The molecule has 5 heteroatoms. The highest BCUT2D eigenvalue weighted by molar-refractivity contribution is 9.10. The molecule has 0 amide bonds. The smallest absolute Gasteiger partial charge is 0.305 e. The zero-order valence-corrected chi connectivity index (χ0v) is 15.8. The van der Waals surface area contributed by atoms with Crippen molar-refractivity contribution in [1.29, 1.82) is 0 Å². The van der Waals surface area contributed by atoms with E-state index < -0.39 is 5.97 Å². The third kappa shape index (κ3) is 4.54. The Labute approximate surface area is 156 Å². The van der Waals surface area contributed by atoms with Crippen molar-refractivity contribution in [2.45, 2.75) is 38.8 Å². The van der Waals surface area contributed by atoms with E-state index in [4.69, 9.17) is 9.84 Å². The van der Waals surface area contributed by atoms with Crippen LogP contribution in [0.15, 0.2) is 46.9 Å². The van der Waals surface area contributed by atoms with Gasteiger partial charge in [0, 0.05) is 22.7 Å².